The van der Waals surface area contributed by atoms with E-state index in [1.54, 1.807) is 50.3 Å². The zero-order chi connectivity index (χ0) is 26.7. The molecule has 188 valence electrons. The number of hydrogen-bond acceptors (Lipinski definition) is 6. The molecule has 0 saturated heterocycles. The summed E-state index contributed by atoms with van der Waals surface area (Å²) >= 11 is 0. The molecule has 2 rings (SSSR count). The number of aromatic hydroxyl groups is 1. The van der Waals surface area contributed by atoms with E-state index in [4.69, 9.17) is 20.8 Å². The van der Waals surface area contributed by atoms with E-state index < -0.39 is 22.0 Å². The maximum atomic E-state index is 13.5. The van der Waals surface area contributed by atoms with E-state index in [0.29, 0.717) is 12.2 Å². The Hall–Kier alpha value is -3.21. The Morgan fingerprint density at radius 1 is 1.17 bits per heavy atom. The fraction of sp³-hybridized carbons (Fsp3) is 0.464. The van der Waals surface area contributed by atoms with Crippen molar-refractivity contribution in [2.75, 3.05) is 21.3 Å². The molecule has 35 heavy (non-hydrogen) atoms. The molecule has 7 heteroatoms. The number of Topliss-reactive ketones (excluding diaryl/α,β-unsaturated/α-hetero) is 1. The van der Waals surface area contributed by atoms with Crippen molar-refractivity contribution in [1.82, 2.24) is 0 Å². The Morgan fingerprint density at radius 3 is 2.34 bits per heavy atom. The summed E-state index contributed by atoms with van der Waals surface area (Å²) in [5.74, 6) is -1.49. The highest BCUT2D eigenvalue weighted by atomic mass is 16.7. The average molecular weight is 482 g/mol. The number of carbonyl (C=O) groups is 2. The van der Waals surface area contributed by atoms with Gasteiger partial charge in [-0.3, -0.25) is 4.79 Å². The second-order valence-electron chi connectivity index (χ2n) is 10.2. The minimum atomic E-state index is -1.40. The van der Waals surface area contributed by atoms with Crippen molar-refractivity contribution < 1.29 is 28.9 Å². The fourth-order valence-corrected chi connectivity index (χ4v) is 4.59. The number of benzene rings is 1. The van der Waals surface area contributed by atoms with Crippen LogP contribution in [0.3, 0.4) is 0 Å². The van der Waals surface area contributed by atoms with Crippen LogP contribution in [0.5, 0.6) is 11.5 Å². The van der Waals surface area contributed by atoms with Gasteiger partial charge in [0.05, 0.1) is 19.1 Å². The summed E-state index contributed by atoms with van der Waals surface area (Å²) in [6, 6.07) is 4.87. The highest BCUT2D eigenvalue weighted by Gasteiger charge is 2.49. The van der Waals surface area contributed by atoms with Crippen LogP contribution in [0.15, 0.2) is 48.2 Å². The molecule has 0 saturated carbocycles. The third-order valence-corrected chi connectivity index (χ3v) is 6.67. The smallest absolute Gasteiger partial charge is 0.226 e. The molecule has 0 aliphatic heterocycles. The van der Waals surface area contributed by atoms with E-state index in [-0.39, 0.29) is 23.0 Å². The first-order valence-electron chi connectivity index (χ1n) is 11.3. The number of phenolic OH excluding ortho intramolecular Hbond substituents is 1. The molecule has 0 spiro atoms. The lowest BCUT2D eigenvalue weighted by molar-refractivity contribution is -0.227. The molecule has 0 unspecified atom stereocenters. The number of ketones is 2. The zero-order valence-corrected chi connectivity index (χ0v) is 21.8. The lowest BCUT2D eigenvalue weighted by Crippen LogP contribution is -2.50. The van der Waals surface area contributed by atoms with Crippen molar-refractivity contribution >= 4 is 17.6 Å². The molecule has 0 amide bonds. The van der Waals surface area contributed by atoms with Gasteiger partial charge in [0.25, 0.3) is 0 Å². The standard InChI is InChI=1S/C28H35NO6/c1-25(2)18-27(5,17-20(29-6)24(25)32)14-13-23(31)26(3,4)28(34-8,35-9)15-12-19-10-11-21(30)22(16-19)33-7/h10-17,30H,18H2,1-5,7-9H3/b14-13+,15-12+/t27-/m0/s1. The van der Waals surface area contributed by atoms with Crippen LogP contribution in [-0.2, 0) is 19.1 Å². The van der Waals surface area contributed by atoms with Gasteiger partial charge in [-0.05, 0) is 55.5 Å². The van der Waals surface area contributed by atoms with Crippen LogP contribution in [0.2, 0.25) is 0 Å². The summed E-state index contributed by atoms with van der Waals surface area (Å²) in [6.07, 6.45) is 8.74. The van der Waals surface area contributed by atoms with Gasteiger partial charge in [-0.15, -0.1) is 0 Å². The normalized spacial score (nSPS) is 20.7. The first kappa shape index (κ1) is 28.0. The summed E-state index contributed by atoms with van der Waals surface area (Å²) in [7, 11) is 4.39. The van der Waals surface area contributed by atoms with Gasteiger partial charge in [0, 0.05) is 19.6 Å². The van der Waals surface area contributed by atoms with Crippen LogP contribution < -0.4 is 4.74 Å². The van der Waals surface area contributed by atoms with Crippen molar-refractivity contribution in [1.29, 1.82) is 0 Å². The maximum Gasteiger partial charge on any atom is 0.226 e. The average Bonchev–Trinajstić information content (AvgIpc) is 2.81. The van der Waals surface area contributed by atoms with Gasteiger partial charge >= 0.3 is 0 Å². The molecule has 0 radical (unpaired) electrons. The molecular weight excluding hydrogens is 446 g/mol. The maximum absolute atomic E-state index is 13.5. The number of methoxy groups -OCH3 is 3. The number of rotatable bonds is 9. The van der Waals surface area contributed by atoms with Crippen molar-refractivity contribution in [2.45, 2.75) is 46.8 Å². The molecule has 0 aromatic heterocycles. The van der Waals surface area contributed by atoms with Crippen molar-refractivity contribution in [3.8, 4) is 11.5 Å². The van der Waals surface area contributed by atoms with Crippen LogP contribution in [0, 0.1) is 22.8 Å². The molecule has 1 atom stereocenters. The van der Waals surface area contributed by atoms with Gasteiger partial charge in [-0.25, -0.2) is 4.85 Å². The monoisotopic (exact) mass is 481 g/mol. The summed E-state index contributed by atoms with van der Waals surface area (Å²) in [5.41, 5.74) is -1.67. The quantitative estimate of drug-likeness (QED) is 0.290. The Bertz CT molecular complexity index is 1110. The van der Waals surface area contributed by atoms with E-state index in [9.17, 15) is 14.7 Å². The molecule has 1 aromatic rings. The number of hydrogen-bond donors (Lipinski definition) is 1. The number of ether oxygens (including phenoxy) is 3. The van der Waals surface area contributed by atoms with Crippen LogP contribution in [0.1, 0.15) is 46.6 Å². The van der Waals surface area contributed by atoms with Crippen LogP contribution >= 0.6 is 0 Å². The topological polar surface area (TPSA) is 86.4 Å². The van der Waals surface area contributed by atoms with Crippen LogP contribution in [0.25, 0.3) is 10.9 Å². The van der Waals surface area contributed by atoms with E-state index in [1.807, 2.05) is 20.8 Å². The Kier molecular flexibility index (Phi) is 8.16. The van der Waals surface area contributed by atoms with Crippen LogP contribution in [0.4, 0.5) is 0 Å². The van der Waals surface area contributed by atoms with Crippen molar-refractivity contribution in [3.63, 3.8) is 0 Å². The van der Waals surface area contributed by atoms with Crippen LogP contribution in [-0.4, -0.2) is 43.8 Å². The first-order chi connectivity index (χ1) is 16.2. The van der Waals surface area contributed by atoms with E-state index in [0.717, 1.165) is 5.56 Å². The Balaban J connectivity index is 2.40. The molecule has 1 aliphatic carbocycles. The minimum Gasteiger partial charge on any atom is -0.504 e. The van der Waals surface area contributed by atoms with Gasteiger partial charge in [-0.2, -0.15) is 0 Å². The molecule has 7 nitrogen and oxygen atoms in total. The summed E-state index contributed by atoms with van der Waals surface area (Å²) in [5, 5.41) is 9.83. The Labute approximate surface area is 207 Å². The van der Waals surface area contributed by atoms with E-state index in [1.165, 1.54) is 33.5 Å². The van der Waals surface area contributed by atoms with Gasteiger partial charge in [0.15, 0.2) is 28.9 Å². The largest absolute Gasteiger partial charge is 0.504 e. The Morgan fingerprint density at radius 2 is 1.80 bits per heavy atom. The number of carbonyl (C=O) groups excluding carboxylic acids is 2. The lowest BCUT2D eigenvalue weighted by atomic mass is 9.66. The molecule has 1 aliphatic rings. The predicted octanol–water partition coefficient (Wildman–Crippen LogP) is 5.36. The third-order valence-electron chi connectivity index (χ3n) is 6.67. The predicted molar refractivity (Wildman–Crippen MR) is 135 cm³/mol. The summed E-state index contributed by atoms with van der Waals surface area (Å²) < 4.78 is 16.6. The molecule has 0 fully saturated rings. The van der Waals surface area contributed by atoms with Crippen molar-refractivity contribution in [3.05, 3.63) is 65.2 Å². The SMILES string of the molecule is [C-]#[N+]C1=C[C@](C)(/C=C/C(=O)C(C)(C)C(/C=C/c2ccc(O)c(OC)c2)(OC)OC)CC(C)(C)C1=O. The zero-order valence-electron chi connectivity index (χ0n) is 21.8. The number of phenols is 1. The fourth-order valence-electron chi connectivity index (χ4n) is 4.59. The second-order valence-corrected chi connectivity index (χ2v) is 10.2. The molecule has 0 bridgehead atoms. The minimum absolute atomic E-state index is 0.0200. The van der Waals surface area contributed by atoms with E-state index in [2.05, 4.69) is 4.85 Å². The lowest BCUT2D eigenvalue weighted by Gasteiger charge is -2.41. The van der Waals surface area contributed by atoms with Gasteiger partial charge in [-0.1, -0.05) is 45.1 Å². The molecular formula is C28H35NO6. The third kappa shape index (κ3) is 5.55. The second kappa shape index (κ2) is 10.2. The highest BCUT2D eigenvalue weighted by Crippen LogP contribution is 2.45. The molecule has 1 N–H and O–H groups in total. The summed E-state index contributed by atoms with van der Waals surface area (Å²) in [4.78, 5) is 29.4. The van der Waals surface area contributed by atoms with E-state index >= 15 is 0 Å². The molecule has 1 aromatic carbocycles. The summed E-state index contributed by atoms with van der Waals surface area (Å²) in [6.45, 7) is 16.4. The van der Waals surface area contributed by atoms with Gasteiger partial charge < -0.3 is 24.1 Å². The first-order valence-corrected chi connectivity index (χ1v) is 11.3. The van der Waals surface area contributed by atoms with Crippen molar-refractivity contribution in [2.24, 2.45) is 16.2 Å². The molecule has 0 heterocycles. The number of allylic oxidation sites excluding steroid dienone is 4. The number of nitrogens with zero attached hydrogens (tertiary/aromatic N) is 1. The van der Waals surface area contributed by atoms with Gasteiger partial charge in [0.2, 0.25) is 5.70 Å². The highest BCUT2D eigenvalue weighted by molar-refractivity contribution is 6.02. The van der Waals surface area contributed by atoms with Gasteiger partial charge in [0.1, 0.15) is 0 Å².